The molecule has 1 N–H and O–H groups in total. The van der Waals surface area contributed by atoms with E-state index in [1.807, 2.05) is 16.9 Å². The molecule has 4 heterocycles. The second-order valence-corrected chi connectivity index (χ2v) is 5.70. The fourth-order valence-electron chi connectivity index (χ4n) is 2.96. The molecule has 2 aliphatic heterocycles. The lowest BCUT2D eigenvalue weighted by atomic mass is 10.1. The zero-order valence-electron chi connectivity index (χ0n) is 12.3. The van der Waals surface area contributed by atoms with Crippen molar-refractivity contribution in [1.82, 2.24) is 25.2 Å². The molecule has 120 valence electrons. The molecule has 0 aromatic carbocycles. The first kappa shape index (κ1) is 15.5. The van der Waals surface area contributed by atoms with Crippen molar-refractivity contribution in [3.63, 3.8) is 0 Å². The van der Waals surface area contributed by atoms with E-state index in [0.717, 1.165) is 44.1 Å². The lowest BCUT2D eigenvalue weighted by molar-refractivity contribution is 0.192. The smallest absolute Gasteiger partial charge is 0.278 e. The van der Waals surface area contributed by atoms with Crippen molar-refractivity contribution in [2.45, 2.75) is 31.2 Å². The molecule has 2 saturated heterocycles. The highest BCUT2D eigenvalue weighted by atomic mass is 35.5. The van der Waals surface area contributed by atoms with Gasteiger partial charge in [0.05, 0.1) is 12.6 Å². The van der Waals surface area contributed by atoms with E-state index in [9.17, 15) is 0 Å². The second-order valence-electron chi connectivity index (χ2n) is 5.70. The third-order valence-corrected chi connectivity index (χ3v) is 4.21. The molecule has 2 atom stereocenters. The fourth-order valence-corrected chi connectivity index (χ4v) is 2.96. The number of piperidine rings is 1. The Morgan fingerprint density at radius 2 is 2.27 bits per heavy atom. The Kier molecular flexibility index (Phi) is 4.75. The SMILES string of the molecule is Cl.c1cn(C2CCCNC2)nc1-c1nc(C2CCOC2)no1. The summed E-state index contributed by atoms with van der Waals surface area (Å²) in [5.41, 5.74) is 0.748. The Bertz CT molecular complexity index is 602. The molecule has 8 heteroatoms. The summed E-state index contributed by atoms with van der Waals surface area (Å²) in [5, 5.41) is 12.1. The summed E-state index contributed by atoms with van der Waals surface area (Å²) in [5.74, 6) is 1.49. The molecule has 0 amide bonds. The van der Waals surface area contributed by atoms with Gasteiger partial charge in [-0.1, -0.05) is 5.16 Å². The van der Waals surface area contributed by atoms with Crippen LogP contribution in [0.25, 0.3) is 11.6 Å². The predicted octanol–water partition coefficient (Wildman–Crippen LogP) is 1.78. The minimum absolute atomic E-state index is 0. The van der Waals surface area contributed by atoms with E-state index < -0.39 is 0 Å². The molecule has 0 bridgehead atoms. The maximum Gasteiger partial charge on any atom is 0.278 e. The minimum Gasteiger partial charge on any atom is -0.381 e. The number of hydrogen-bond acceptors (Lipinski definition) is 6. The first-order valence-electron chi connectivity index (χ1n) is 7.58. The predicted molar refractivity (Wildman–Crippen MR) is 82.1 cm³/mol. The van der Waals surface area contributed by atoms with Gasteiger partial charge in [-0.25, -0.2) is 0 Å². The maximum absolute atomic E-state index is 5.36. The lowest BCUT2D eigenvalue weighted by Gasteiger charge is -2.22. The van der Waals surface area contributed by atoms with Crippen LogP contribution < -0.4 is 5.32 Å². The number of aromatic nitrogens is 4. The Labute approximate surface area is 134 Å². The quantitative estimate of drug-likeness (QED) is 0.927. The lowest BCUT2D eigenvalue weighted by Crippen LogP contribution is -2.31. The highest BCUT2D eigenvalue weighted by Gasteiger charge is 2.24. The van der Waals surface area contributed by atoms with Crippen molar-refractivity contribution in [3.05, 3.63) is 18.1 Å². The van der Waals surface area contributed by atoms with Crippen molar-refractivity contribution in [3.8, 4) is 11.6 Å². The van der Waals surface area contributed by atoms with Crippen LogP contribution in [0.4, 0.5) is 0 Å². The van der Waals surface area contributed by atoms with Gasteiger partial charge in [-0.15, -0.1) is 12.4 Å². The molecular formula is C14H20ClN5O2. The summed E-state index contributed by atoms with van der Waals surface area (Å²) in [7, 11) is 0. The molecule has 22 heavy (non-hydrogen) atoms. The monoisotopic (exact) mass is 325 g/mol. The molecule has 2 aromatic rings. The third kappa shape index (κ3) is 3.02. The Hall–Kier alpha value is -1.44. The first-order chi connectivity index (χ1) is 10.4. The summed E-state index contributed by atoms with van der Waals surface area (Å²) < 4.78 is 12.7. The Morgan fingerprint density at radius 3 is 3.05 bits per heavy atom. The van der Waals surface area contributed by atoms with Gasteiger partial charge in [0.1, 0.15) is 0 Å². The molecule has 2 fully saturated rings. The normalized spacial score (nSPS) is 25.1. The highest BCUT2D eigenvalue weighted by molar-refractivity contribution is 5.85. The maximum atomic E-state index is 5.36. The van der Waals surface area contributed by atoms with E-state index in [2.05, 4.69) is 20.6 Å². The van der Waals surface area contributed by atoms with E-state index in [4.69, 9.17) is 9.26 Å². The number of nitrogens with one attached hydrogen (secondary N) is 1. The molecule has 7 nitrogen and oxygen atoms in total. The molecule has 2 aromatic heterocycles. The van der Waals surface area contributed by atoms with Crippen LogP contribution in [-0.2, 0) is 4.74 Å². The average Bonchev–Trinajstić information content (AvgIpc) is 3.27. The number of rotatable bonds is 3. The van der Waals surface area contributed by atoms with Gasteiger partial charge in [-0.3, -0.25) is 4.68 Å². The standard InChI is InChI=1S/C14H19N5O2.ClH/c1-2-11(8-15-5-1)19-6-3-12(17-19)14-16-13(18-21-14)10-4-7-20-9-10;/h3,6,10-11,15H,1-2,4-5,7-9H2;1H. The van der Waals surface area contributed by atoms with E-state index in [1.165, 1.54) is 6.42 Å². The third-order valence-electron chi connectivity index (χ3n) is 4.21. The molecule has 2 unspecified atom stereocenters. The van der Waals surface area contributed by atoms with Crippen LogP contribution in [0.1, 0.15) is 37.0 Å². The minimum atomic E-state index is 0. The van der Waals surface area contributed by atoms with Gasteiger partial charge in [0.25, 0.3) is 5.89 Å². The van der Waals surface area contributed by atoms with Crippen LogP contribution in [0.3, 0.4) is 0 Å². The van der Waals surface area contributed by atoms with Crippen LogP contribution in [0.2, 0.25) is 0 Å². The van der Waals surface area contributed by atoms with Crippen molar-refractivity contribution in [2.75, 3.05) is 26.3 Å². The Balaban J connectivity index is 0.00000144. The zero-order valence-corrected chi connectivity index (χ0v) is 13.1. The molecule has 0 aliphatic carbocycles. The summed E-state index contributed by atoms with van der Waals surface area (Å²) in [6, 6.07) is 2.36. The fraction of sp³-hybridized carbons (Fsp3) is 0.643. The summed E-state index contributed by atoms with van der Waals surface area (Å²) in [4.78, 5) is 4.47. The van der Waals surface area contributed by atoms with Gasteiger partial charge in [0, 0.05) is 25.3 Å². The van der Waals surface area contributed by atoms with Crippen molar-refractivity contribution in [2.24, 2.45) is 0 Å². The highest BCUT2D eigenvalue weighted by Crippen LogP contribution is 2.25. The van der Waals surface area contributed by atoms with Crippen LogP contribution >= 0.6 is 12.4 Å². The van der Waals surface area contributed by atoms with E-state index >= 15 is 0 Å². The molecule has 0 radical (unpaired) electrons. The van der Waals surface area contributed by atoms with Crippen molar-refractivity contribution in [1.29, 1.82) is 0 Å². The summed E-state index contributed by atoms with van der Waals surface area (Å²) in [6.45, 7) is 3.52. The van der Waals surface area contributed by atoms with Gasteiger partial charge >= 0.3 is 0 Å². The summed E-state index contributed by atoms with van der Waals surface area (Å²) >= 11 is 0. The number of ether oxygens (including phenoxy) is 1. The van der Waals surface area contributed by atoms with Crippen LogP contribution in [0.15, 0.2) is 16.8 Å². The molecule has 0 spiro atoms. The molecule has 0 saturated carbocycles. The van der Waals surface area contributed by atoms with Crippen LogP contribution in [-0.4, -0.2) is 46.2 Å². The van der Waals surface area contributed by atoms with E-state index in [1.54, 1.807) is 0 Å². The van der Waals surface area contributed by atoms with Gasteiger partial charge in [0.2, 0.25) is 0 Å². The van der Waals surface area contributed by atoms with E-state index in [0.29, 0.717) is 18.5 Å². The number of hydrogen-bond donors (Lipinski definition) is 1. The van der Waals surface area contributed by atoms with Crippen molar-refractivity contribution >= 4 is 12.4 Å². The average molecular weight is 326 g/mol. The number of halogens is 1. The van der Waals surface area contributed by atoms with Gasteiger partial charge in [-0.2, -0.15) is 10.1 Å². The van der Waals surface area contributed by atoms with Crippen LogP contribution in [0.5, 0.6) is 0 Å². The van der Waals surface area contributed by atoms with Crippen LogP contribution in [0, 0.1) is 0 Å². The Morgan fingerprint density at radius 1 is 1.32 bits per heavy atom. The van der Waals surface area contributed by atoms with Gasteiger partial charge in [-0.05, 0) is 31.9 Å². The molecule has 2 aliphatic rings. The largest absolute Gasteiger partial charge is 0.381 e. The van der Waals surface area contributed by atoms with E-state index in [-0.39, 0.29) is 18.3 Å². The van der Waals surface area contributed by atoms with Crippen molar-refractivity contribution < 1.29 is 9.26 Å². The molecule has 4 rings (SSSR count). The molecular weight excluding hydrogens is 306 g/mol. The second kappa shape index (κ2) is 6.76. The van der Waals surface area contributed by atoms with Gasteiger partial charge in [0.15, 0.2) is 11.5 Å². The first-order valence-corrected chi connectivity index (χ1v) is 7.58. The van der Waals surface area contributed by atoms with Gasteiger partial charge < -0.3 is 14.6 Å². The summed E-state index contributed by atoms with van der Waals surface area (Å²) in [6.07, 6.45) is 5.30. The zero-order chi connectivity index (χ0) is 14.1. The topological polar surface area (TPSA) is 78.0 Å². The number of nitrogens with zero attached hydrogens (tertiary/aromatic N) is 4.